The zero-order valence-electron chi connectivity index (χ0n) is 10.2. The number of nitro groups is 1. The summed E-state index contributed by atoms with van der Waals surface area (Å²) >= 11 is 3.15. The molecule has 0 amide bonds. The van der Waals surface area contributed by atoms with Gasteiger partial charge in [-0.1, -0.05) is 6.07 Å². The van der Waals surface area contributed by atoms with Gasteiger partial charge in [0, 0.05) is 12.6 Å². The Kier molecular flexibility index (Phi) is 6.24. The van der Waals surface area contributed by atoms with E-state index in [0.29, 0.717) is 11.0 Å². The predicted octanol–water partition coefficient (Wildman–Crippen LogP) is 2.61. The lowest BCUT2D eigenvalue weighted by atomic mass is 10.2. The SMILES string of the molecule is CC(O)CCCNCc1ccc(Br)c([N+](=O)[O-])c1. The van der Waals surface area contributed by atoms with Crippen LogP contribution in [0.25, 0.3) is 0 Å². The summed E-state index contributed by atoms with van der Waals surface area (Å²) in [5.74, 6) is 0. The summed E-state index contributed by atoms with van der Waals surface area (Å²) in [5, 5.41) is 23.0. The highest BCUT2D eigenvalue weighted by molar-refractivity contribution is 9.10. The molecule has 1 rings (SSSR count). The maximum atomic E-state index is 10.8. The van der Waals surface area contributed by atoms with Gasteiger partial charge in [-0.3, -0.25) is 10.1 Å². The van der Waals surface area contributed by atoms with E-state index in [1.807, 2.05) is 6.07 Å². The molecule has 1 aromatic carbocycles. The van der Waals surface area contributed by atoms with Crippen LogP contribution in [0.4, 0.5) is 5.69 Å². The van der Waals surface area contributed by atoms with E-state index in [9.17, 15) is 10.1 Å². The Morgan fingerprint density at radius 1 is 1.56 bits per heavy atom. The van der Waals surface area contributed by atoms with E-state index in [1.165, 1.54) is 0 Å². The highest BCUT2D eigenvalue weighted by atomic mass is 79.9. The summed E-state index contributed by atoms with van der Waals surface area (Å²) in [5.41, 5.74) is 0.959. The molecule has 0 aliphatic heterocycles. The second kappa shape index (κ2) is 7.45. The first-order valence-electron chi connectivity index (χ1n) is 5.82. The van der Waals surface area contributed by atoms with E-state index in [1.54, 1.807) is 19.1 Å². The predicted molar refractivity (Wildman–Crippen MR) is 73.4 cm³/mol. The van der Waals surface area contributed by atoms with Crippen molar-refractivity contribution < 1.29 is 10.0 Å². The van der Waals surface area contributed by atoms with E-state index >= 15 is 0 Å². The smallest absolute Gasteiger partial charge is 0.283 e. The number of halogens is 1. The fourth-order valence-corrected chi connectivity index (χ4v) is 1.95. The molecule has 0 radical (unpaired) electrons. The Bertz CT molecular complexity index is 410. The molecule has 0 fully saturated rings. The van der Waals surface area contributed by atoms with Crippen molar-refractivity contribution in [3.8, 4) is 0 Å². The van der Waals surface area contributed by atoms with Crippen LogP contribution >= 0.6 is 15.9 Å². The van der Waals surface area contributed by atoms with Gasteiger partial charge >= 0.3 is 0 Å². The second-order valence-corrected chi connectivity index (χ2v) is 5.07. The lowest BCUT2D eigenvalue weighted by Crippen LogP contribution is -2.16. The molecule has 0 heterocycles. The summed E-state index contributed by atoms with van der Waals surface area (Å²) in [6, 6.07) is 5.09. The molecular formula is C12H17BrN2O3. The summed E-state index contributed by atoms with van der Waals surface area (Å²) in [7, 11) is 0. The van der Waals surface area contributed by atoms with Crippen LogP contribution in [0, 0.1) is 10.1 Å². The van der Waals surface area contributed by atoms with Crippen LogP contribution in [0.5, 0.6) is 0 Å². The minimum Gasteiger partial charge on any atom is -0.393 e. The van der Waals surface area contributed by atoms with Gasteiger partial charge in [0.1, 0.15) is 0 Å². The average Bonchev–Trinajstić information content (AvgIpc) is 2.30. The summed E-state index contributed by atoms with van der Waals surface area (Å²) in [6.07, 6.45) is 1.37. The molecule has 0 aromatic heterocycles. The van der Waals surface area contributed by atoms with Crippen molar-refractivity contribution in [1.29, 1.82) is 0 Å². The molecule has 100 valence electrons. The molecule has 0 bridgehead atoms. The van der Waals surface area contributed by atoms with E-state index in [0.717, 1.165) is 24.9 Å². The minimum atomic E-state index is -0.402. The van der Waals surface area contributed by atoms with Crippen LogP contribution in [0.2, 0.25) is 0 Å². The third kappa shape index (κ3) is 5.12. The van der Waals surface area contributed by atoms with Crippen molar-refractivity contribution in [3.05, 3.63) is 38.3 Å². The largest absolute Gasteiger partial charge is 0.393 e. The lowest BCUT2D eigenvalue weighted by molar-refractivity contribution is -0.385. The van der Waals surface area contributed by atoms with E-state index in [2.05, 4.69) is 21.2 Å². The van der Waals surface area contributed by atoms with Crippen LogP contribution in [0.3, 0.4) is 0 Å². The Morgan fingerprint density at radius 2 is 2.28 bits per heavy atom. The Hall–Kier alpha value is -0.980. The van der Waals surface area contributed by atoms with Crippen molar-refractivity contribution >= 4 is 21.6 Å². The second-order valence-electron chi connectivity index (χ2n) is 4.21. The molecule has 0 aliphatic carbocycles. The molecule has 1 aromatic rings. The van der Waals surface area contributed by atoms with Gasteiger partial charge in [-0.15, -0.1) is 0 Å². The van der Waals surface area contributed by atoms with Crippen LogP contribution in [0.15, 0.2) is 22.7 Å². The number of aliphatic hydroxyl groups excluding tert-OH is 1. The van der Waals surface area contributed by atoms with E-state index in [4.69, 9.17) is 5.11 Å². The fourth-order valence-electron chi connectivity index (χ4n) is 1.56. The molecular weight excluding hydrogens is 300 g/mol. The van der Waals surface area contributed by atoms with Crippen molar-refractivity contribution in [1.82, 2.24) is 5.32 Å². The zero-order chi connectivity index (χ0) is 13.5. The Morgan fingerprint density at radius 3 is 2.89 bits per heavy atom. The van der Waals surface area contributed by atoms with Gasteiger partial charge in [-0.05, 0) is 53.9 Å². The summed E-state index contributed by atoms with van der Waals surface area (Å²) in [6.45, 7) is 3.14. The standard InChI is InChI=1S/C12H17BrN2O3/c1-9(16)3-2-6-14-8-10-4-5-11(13)12(7-10)15(17)18/h4-5,7,9,14,16H,2-3,6,8H2,1H3. The van der Waals surface area contributed by atoms with Crippen LogP contribution in [0.1, 0.15) is 25.3 Å². The molecule has 0 saturated carbocycles. The number of aliphatic hydroxyl groups is 1. The summed E-state index contributed by atoms with van der Waals surface area (Å²) < 4.78 is 0.491. The zero-order valence-corrected chi connectivity index (χ0v) is 11.8. The first-order chi connectivity index (χ1) is 8.50. The lowest BCUT2D eigenvalue weighted by Gasteiger charge is -2.06. The van der Waals surface area contributed by atoms with Gasteiger partial charge in [-0.25, -0.2) is 0 Å². The molecule has 2 N–H and O–H groups in total. The number of rotatable bonds is 7. The number of nitrogens with zero attached hydrogens (tertiary/aromatic N) is 1. The van der Waals surface area contributed by atoms with Crippen LogP contribution in [-0.4, -0.2) is 22.7 Å². The van der Waals surface area contributed by atoms with Gasteiger partial charge < -0.3 is 10.4 Å². The number of nitro benzene ring substituents is 1. The fraction of sp³-hybridized carbons (Fsp3) is 0.500. The number of benzene rings is 1. The number of hydrogen-bond acceptors (Lipinski definition) is 4. The molecule has 1 unspecified atom stereocenters. The number of hydrogen-bond donors (Lipinski definition) is 2. The molecule has 0 spiro atoms. The first-order valence-corrected chi connectivity index (χ1v) is 6.61. The van der Waals surface area contributed by atoms with Gasteiger partial charge in [0.15, 0.2) is 0 Å². The highest BCUT2D eigenvalue weighted by Gasteiger charge is 2.11. The molecule has 1 atom stereocenters. The van der Waals surface area contributed by atoms with Gasteiger partial charge in [0.2, 0.25) is 0 Å². The van der Waals surface area contributed by atoms with Gasteiger partial charge in [0.05, 0.1) is 15.5 Å². The van der Waals surface area contributed by atoms with Crippen molar-refractivity contribution in [3.63, 3.8) is 0 Å². The molecule has 5 nitrogen and oxygen atoms in total. The number of nitrogens with one attached hydrogen (secondary N) is 1. The van der Waals surface area contributed by atoms with Gasteiger partial charge in [-0.2, -0.15) is 0 Å². The Balaban J connectivity index is 2.43. The van der Waals surface area contributed by atoms with Crippen LogP contribution < -0.4 is 5.32 Å². The molecule has 6 heteroatoms. The minimum absolute atomic E-state index is 0.0817. The average molecular weight is 317 g/mol. The maximum absolute atomic E-state index is 10.8. The topological polar surface area (TPSA) is 75.4 Å². The maximum Gasteiger partial charge on any atom is 0.283 e. The van der Waals surface area contributed by atoms with Crippen molar-refractivity contribution in [2.75, 3.05) is 6.54 Å². The highest BCUT2D eigenvalue weighted by Crippen LogP contribution is 2.25. The monoisotopic (exact) mass is 316 g/mol. The van der Waals surface area contributed by atoms with E-state index in [-0.39, 0.29) is 11.8 Å². The van der Waals surface area contributed by atoms with E-state index < -0.39 is 4.92 Å². The summed E-state index contributed by atoms with van der Waals surface area (Å²) in [4.78, 5) is 10.4. The first kappa shape index (κ1) is 15.1. The molecule has 0 saturated heterocycles. The Labute approximate surface area is 114 Å². The third-order valence-corrected chi connectivity index (χ3v) is 3.18. The third-order valence-electron chi connectivity index (χ3n) is 2.51. The molecule has 18 heavy (non-hydrogen) atoms. The quantitative estimate of drug-likeness (QED) is 0.460. The van der Waals surface area contributed by atoms with Crippen LogP contribution in [-0.2, 0) is 6.54 Å². The van der Waals surface area contributed by atoms with Crippen molar-refractivity contribution in [2.24, 2.45) is 0 Å². The normalized spacial score (nSPS) is 12.4. The molecule has 0 aliphatic rings. The van der Waals surface area contributed by atoms with Gasteiger partial charge in [0.25, 0.3) is 5.69 Å². The van der Waals surface area contributed by atoms with Crippen molar-refractivity contribution in [2.45, 2.75) is 32.4 Å².